The van der Waals surface area contributed by atoms with E-state index in [-0.39, 0.29) is 0 Å². The average molecular weight is 1420 g/mol. The van der Waals surface area contributed by atoms with E-state index in [0.717, 1.165) is 0 Å². The Bertz CT molecular complexity index is 8020. The van der Waals surface area contributed by atoms with Crippen LogP contribution < -0.4 is 0 Å². The molecule has 110 heavy (non-hydrogen) atoms. The molecule has 2 heterocycles. The zero-order valence-electron chi connectivity index (χ0n) is 59.6. The second-order valence-corrected chi connectivity index (χ2v) is 31.9. The predicted octanol–water partition coefficient (Wildman–Crippen LogP) is 31.9. The highest BCUT2D eigenvalue weighted by Gasteiger charge is 2.25. The fourth-order valence-electron chi connectivity index (χ4n) is 19.3. The summed E-state index contributed by atoms with van der Waals surface area (Å²) in [7, 11) is 0. The molecule has 0 nitrogen and oxygen atoms in total. The Kier molecular flexibility index (Phi) is 13.4. The molecule has 24 aromatic rings. The highest BCUT2D eigenvalue weighted by atomic mass is 32.1. The molecule has 24 rings (SSSR count). The first kappa shape index (κ1) is 61.5. The molecule has 0 N–H and O–H groups in total. The summed E-state index contributed by atoms with van der Waals surface area (Å²) in [6.07, 6.45) is 0. The van der Waals surface area contributed by atoms with Crippen LogP contribution in [0.25, 0.3) is 248 Å². The minimum Gasteiger partial charge on any atom is -0.134 e. The summed E-state index contributed by atoms with van der Waals surface area (Å²) in [4.78, 5) is 0. The van der Waals surface area contributed by atoms with Crippen LogP contribution >= 0.6 is 22.7 Å². The third-order valence-corrected chi connectivity index (χ3v) is 26.6. The first-order valence-corrected chi connectivity index (χ1v) is 39.7. The molecule has 0 aliphatic rings. The molecule has 2 aromatic heterocycles. The minimum absolute atomic E-state index is 1.19. The molecule has 0 spiro atoms. The molecule has 0 unspecified atom stereocenters. The summed E-state index contributed by atoms with van der Waals surface area (Å²) in [6.45, 7) is 0. The van der Waals surface area contributed by atoms with Gasteiger partial charge in [-0.3, -0.25) is 0 Å². The first-order chi connectivity index (χ1) is 54.6. The number of fused-ring (bicyclic) bond motifs is 25. The summed E-state index contributed by atoms with van der Waals surface area (Å²) >= 11 is 3.87. The highest BCUT2D eigenvalue weighted by molar-refractivity contribution is 7.28. The van der Waals surface area contributed by atoms with E-state index in [1.807, 2.05) is 22.7 Å². The van der Waals surface area contributed by atoms with Crippen molar-refractivity contribution in [2.75, 3.05) is 0 Å². The Morgan fingerprint density at radius 2 is 0.491 bits per heavy atom. The molecule has 0 saturated carbocycles. The average Bonchev–Trinajstić information content (AvgIpc) is 1.18. The van der Waals surface area contributed by atoms with Crippen LogP contribution in [0.1, 0.15) is 0 Å². The summed E-state index contributed by atoms with van der Waals surface area (Å²) in [6, 6.07) is 142. The summed E-state index contributed by atoms with van der Waals surface area (Å²) in [5.41, 5.74) is 17.3. The molecular formula is C108H62S2. The smallest absolute Gasteiger partial charge is 0.0440 e. The van der Waals surface area contributed by atoms with Crippen LogP contribution in [0, 0.1) is 0 Å². The molecule has 22 aromatic carbocycles. The van der Waals surface area contributed by atoms with E-state index in [1.165, 1.54) is 248 Å². The lowest BCUT2D eigenvalue weighted by atomic mass is 9.83. The van der Waals surface area contributed by atoms with Gasteiger partial charge in [0, 0.05) is 51.1 Å². The zero-order chi connectivity index (χ0) is 71.8. The van der Waals surface area contributed by atoms with Crippen molar-refractivity contribution >= 4 is 192 Å². The lowest BCUT2D eigenvalue weighted by molar-refractivity contribution is 1.63. The molecule has 506 valence electrons. The Hall–Kier alpha value is -13.6. The van der Waals surface area contributed by atoms with Gasteiger partial charge in [0.15, 0.2) is 0 Å². The van der Waals surface area contributed by atoms with Crippen molar-refractivity contribution in [3.8, 4) is 77.9 Å². The maximum absolute atomic E-state index is 2.47. The van der Waals surface area contributed by atoms with Gasteiger partial charge in [-0.15, -0.1) is 22.7 Å². The number of hydrogen-bond acceptors (Lipinski definition) is 2. The van der Waals surface area contributed by atoms with Gasteiger partial charge in [-0.1, -0.05) is 346 Å². The van der Waals surface area contributed by atoms with Crippen LogP contribution in [0.4, 0.5) is 0 Å². The molecule has 0 saturated heterocycles. The largest absolute Gasteiger partial charge is 0.134 e. The van der Waals surface area contributed by atoms with E-state index in [4.69, 9.17) is 0 Å². The maximum Gasteiger partial charge on any atom is 0.0440 e. The second kappa shape index (κ2) is 24.0. The number of rotatable bonds is 7. The van der Waals surface area contributed by atoms with Gasteiger partial charge in [-0.2, -0.15) is 0 Å². The van der Waals surface area contributed by atoms with Crippen LogP contribution in [-0.4, -0.2) is 0 Å². The molecule has 0 atom stereocenters. The van der Waals surface area contributed by atoms with Crippen molar-refractivity contribution in [1.29, 1.82) is 0 Å². The van der Waals surface area contributed by atoms with Crippen molar-refractivity contribution in [2.45, 2.75) is 0 Å². The fourth-order valence-corrected chi connectivity index (χ4v) is 22.0. The molecule has 0 bridgehead atoms. The van der Waals surface area contributed by atoms with Crippen LogP contribution in [0.2, 0.25) is 0 Å². The van der Waals surface area contributed by atoms with Crippen molar-refractivity contribution in [3.05, 3.63) is 376 Å². The quantitative estimate of drug-likeness (QED) is 0.110. The van der Waals surface area contributed by atoms with Crippen LogP contribution in [-0.2, 0) is 0 Å². The molecule has 0 fully saturated rings. The minimum atomic E-state index is 1.19. The lowest BCUT2D eigenvalue weighted by Crippen LogP contribution is -1.92. The van der Waals surface area contributed by atoms with Gasteiger partial charge in [-0.05, 0) is 227 Å². The summed E-state index contributed by atoms with van der Waals surface area (Å²) < 4.78 is 5.34. The van der Waals surface area contributed by atoms with Gasteiger partial charge in [0.25, 0.3) is 0 Å². The topological polar surface area (TPSA) is 0 Å². The van der Waals surface area contributed by atoms with E-state index in [1.54, 1.807) is 0 Å². The molecule has 0 radical (unpaired) electrons. The van der Waals surface area contributed by atoms with Gasteiger partial charge in [0.1, 0.15) is 0 Å². The Labute approximate surface area is 641 Å². The standard InChI is InChI=1S/C108H62S2/c1-2-23-65(24-3-1)100-83-34-14-18-38-87(83)102(88-39-19-15-35-84(88)100)91-56-54-72(75-26-6-8-28-77(75)91)69-49-51-93-96(60-69)80-31-11-13-33-82(80)105-98-59-68-47-46-67(58-71(68)62-99(98)109-107(93)105)63-42-44-66(45-43-63)101-85-36-16-20-40-89(85)103(90-41-21-17-37-86(90)101)92-57-55-73(76-27-7-9-29-78(76)92)70-50-52-94-97(61-70)79-30-10-12-32-81(79)104-95-53-48-64-22-4-5-25-74(64)106(95)110-108(94)104/h1-62H. The van der Waals surface area contributed by atoms with E-state index < -0.39 is 0 Å². The lowest BCUT2D eigenvalue weighted by Gasteiger charge is -2.20. The Balaban J connectivity index is 0.581. The molecular weight excluding hydrogens is 1360 g/mol. The normalized spacial score (nSPS) is 12.2. The molecule has 2 heteroatoms. The van der Waals surface area contributed by atoms with Crippen LogP contribution in [0.5, 0.6) is 0 Å². The third-order valence-electron chi connectivity index (χ3n) is 24.2. The van der Waals surface area contributed by atoms with Crippen molar-refractivity contribution in [2.24, 2.45) is 0 Å². The van der Waals surface area contributed by atoms with Gasteiger partial charge in [0.2, 0.25) is 0 Å². The van der Waals surface area contributed by atoms with Gasteiger partial charge < -0.3 is 0 Å². The first-order valence-electron chi connectivity index (χ1n) is 38.1. The third kappa shape index (κ3) is 9.07. The molecule has 0 amide bonds. The monoisotopic (exact) mass is 1420 g/mol. The van der Waals surface area contributed by atoms with Crippen LogP contribution in [0.15, 0.2) is 376 Å². The van der Waals surface area contributed by atoms with Gasteiger partial charge in [-0.25, -0.2) is 0 Å². The molecule has 0 aliphatic heterocycles. The Morgan fingerprint density at radius 3 is 1.00 bits per heavy atom. The van der Waals surface area contributed by atoms with E-state index in [2.05, 4.69) is 376 Å². The zero-order valence-corrected chi connectivity index (χ0v) is 61.2. The van der Waals surface area contributed by atoms with Crippen LogP contribution in [0.3, 0.4) is 0 Å². The van der Waals surface area contributed by atoms with Crippen molar-refractivity contribution < 1.29 is 0 Å². The van der Waals surface area contributed by atoms with E-state index >= 15 is 0 Å². The predicted molar refractivity (Wildman–Crippen MR) is 480 cm³/mol. The van der Waals surface area contributed by atoms with Gasteiger partial charge in [0.05, 0.1) is 0 Å². The number of thiophene rings is 2. The number of benzene rings is 22. The van der Waals surface area contributed by atoms with Crippen molar-refractivity contribution in [3.63, 3.8) is 0 Å². The van der Waals surface area contributed by atoms with Crippen molar-refractivity contribution in [1.82, 2.24) is 0 Å². The molecule has 0 aliphatic carbocycles. The summed E-state index contributed by atoms with van der Waals surface area (Å²) in [5, 5.41) is 35.8. The Morgan fingerprint density at radius 1 is 0.136 bits per heavy atom. The maximum atomic E-state index is 2.47. The van der Waals surface area contributed by atoms with Gasteiger partial charge >= 0.3 is 0 Å². The summed E-state index contributed by atoms with van der Waals surface area (Å²) in [5.74, 6) is 0. The van der Waals surface area contributed by atoms with E-state index in [0.29, 0.717) is 0 Å². The highest BCUT2D eigenvalue weighted by Crippen LogP contribution is 2.53. The fraction of sp³-hybridized carbons (Fsp3) is 0. The number of hydrogen-bond donors (Lipinski definition) is 0. The second-order valence-electron chi connectivity index (χ2n) is 29.8. The SMILES string of the molecule is c1ccc(-c2c3ccccc3c(-c3ccc(-c4ccc5c(c4)c4ccccc4c4c6cc7ccc(-c8ccc(-c9c%10ccccc%10c(-c%10ccc(-c%11ccc%12c(c%11)c%11ccccc%11c%11c%13ccc%14ccccc%14c%13sc%12%11)c%11ccccc%10%11)c%10ccccc9%10)cc8)cc7cc6sc54)c4ccccc34)c3ccccc23)cc1. The van der Waals surface area contributed by atoms with E-state index in [9.17, 15) is 0 Å².